The highest BCUT2D eigenvalue weighted by Crippen LogP contribution is 2.43. The minimum Gasteiger partial charge on any atom is -0.467 e. The fourth-order valence-electron chi connectivity index (χ4n) is 2.96. The third-order valence-electron chi connectivity index (χ3n) is 4.31. The Bertz CT molecular complexity index is 880. The van der Waals surface area contributed by atoms with E-state index in [2.05, 4.69) is 20.8 Å². The van der Waals surface area contributed by atoms with Crippen molar-refractivity contribution in [3.8, 4) is 17.2 Å². The molecule has 33 heavy (non-hydrogen) atoms. The van der Waals surface area contributed by atoms with Gasteiger partial charge in [-0.3, -0.25) is 4.79 Å². The third kappa shape index (κ3) is 8.13. The molecule has 182 valence electrons. The lowest BCUT2D eigenvalue weighted by Crippen LogP contribution is -2.16. The van der Waals surface area contributed by atoms with Gasteiger partial charge in [-0.25, -0.2) is 0 Å². The summed E-state index contributed by atoms with van der Waals surface area (Å²) >= 11 is 0. The molecule has 0 unspecified atom stereocenters. The fraction of sp³-hybridized carbons (Fsp3) is 0.458. The first kappa shape index (κ1) is 26.8. The maximum absolute atomic E-state index is 13.5. The molecule has 0 aliphatic heterocycles. The summed E-state index contributed by atoms with van der Waals surface area (Å²) in [5, 5.41) is 0.113. The Hall–Kier alpha value is -2.43. The van der Waals surface area contributed by atoms with Gasteiger partial charge in [0.15, 0.2) is 41.6 Å². The van der Waals surface area contributed by atoms with Crippen LogP contribution in [0.25, 0.3) is 0 Å². The second-order valence-electron chi connectivity index (χ2n) is 8.47. The first-order chi connectivity index (χ1) is 15.8. The van der Waals surface area contributed by atoms with Crippen LogP contribution in [-0.2, 0) is 25.2 Å². The third-order valence-corrected chi connectivity index (χ3v) is 5.58. The van der Waals surface area contributed by atoms with Gasteiger partial charge in [-0.2, -0.15) is 0 Å². The summed E-state index contributed by atoms with van der Waals surface area (Å²) in [7, 11) is 3.69. The molecule has 0 fully saturated rings. The standard InChI is InChI=1S/C24H34O8Si/c1-24(2,3)33-32-13-18-12-19(29-14-26-4)20(21(25)17-10-8-7-9-11-17)23(31-16-28-6)22(18)30-15-27-5/h7-12H,13-16,33H2,1-6H3. The van der Waals surface area contributed by atoms with E-state index >= 15 is 0 Å². The van der Waals surface area contributed by atoms with E-state index in [0.717, 1.165) is 0 Å². The Morgan fingerprint density at radius 2 is 1.42 bits per heavy atom. The Morgan fingerprint density at radius 1 is 0.848 bits per heavy atom. The van der Waals surface area contributed by atoms with Crippen LogP contribution in [0.1, 0.15) is 42.3 Å². The van der Waals surface area contributed by atoms with Crippen molar-refractivity contribution in [2.75, 3.05) is 41.7 Å². The number of methoxy groups -OCH3 is 3. The Morgan fingerprint density at radius 3 is 2.00 bits per heavy atom. The van der Waals surface area contributed by atoms with Gasteiger partial charge in [0.05, 0.1) is 6.61 Å². The van der Waals surface area contributed by atoms with Gasteiger partial charge in [-0.1, -0.05) is 51.1 Å². The molecule has 0 radical (unpaired) electrons. The zero-order valence-electron chi connectivity index (χ0n) is 20.3. The molecule has 2 aromatic rings. The number of carbonyl (C=O) groups is 1. The summed E-state index contributed by atoms with van der Waals surface area (Å²) in [6, 6.07) is 10.6. The summed E-state index contributed by atoms with van der Waals surface area (Å²) in [5.41, 5.74) is 1.35. The molecule has 0 bridgehead atoms. The minimum absolute atomic E-state index is 0.0374. The normalized spacial score (nSPS) is 11.7. The molecule has 2 rings (SSSR count). The summed E-state index contributed by atoms with van der Waals surface area (Å²) in [6.45, 7) is 6.52. The predicted octanol–water partition coefficient (Wildman–Crippen LogP) is 3.68. The van der Waals surface area contributed by atoms with Crippen LogP contribution in [0.15, 0.2) is 36.4 Å². The van der Waals surface area contributed by atoms with E-state index in [4.69, 9.17) is 32.8 Å². The van der Waals surface area contributed by atoms with Crippen molar-refractivity contribution in [1.82, 2.24) is 0 Å². The molecule has 0 N–H and O–H groups in total. The molecular weight excluding hydrogens is 444 g/mol. The van der Waals surface area contributed by atoms with Crippen LogP contribution in [0.5, 0.6) is 17.2 Å². The van der Waals surface area contributed by atoms with Crippen molar-refractivity contribution in [3.05, 3.63) is 53.1 Å². The lowest BCUT2D eigenvalue weighted by Gasteiger charge is -2.23. The van der Waals surface area contributed by atoms with Crippen LogP contribution in [-0.4, -0.2) is 57.3 Å². The van der Waals surface area contributed by atoms with Gasteiger partial charge in [-0.15, -0.1) is 0 Å². The molecule has 0 amide bonds. The molecule has 0 aliphatic carbocycles. The molecule has 0 spiro atoms. The first-order valence-corrected chi connectivity index (χ1v) is 11.8. The molecule has 0 heterocycles. The Balaban J connectivity index is 2.65. The van der Waals surface area contributed by atoms with Crippen molar-refractivity contribution in [2.45, 2.75) is 32.4 Å². The van der Waals surface area contributed by atoms with Gasteiger partial charge in [0.2, 0.25) is 5.78 Å². The van der Waals surface area contributed by atoms with E-state index in [1.807, 2.05) is 6.07 Å². The second kappa shape index (κ2) is 13.3. The number of rotatable bonds is 14. The quantitative estimate of drug-likeness (QED) is 0.231. The lowest BCUT2D eigenvalue weighted by atomic mass is 9.98. The topological polar surface area (TPSA) is 81.7 Å². The number of ether oxygens (including phenoxy) is 6. The number of benzene rings is 2. The number of carbonyl (C=O) groups excluding carboxylic acids is 1. The van der Waals surface area contributed by atoms with Gasteiger partial charge < -0.3 is 32.8 Å². The Kier molecular flexibility index (Phi) is 10.8. The van der Waals surface area contributed by atoms with E-state index in [9.17, 15) is 4.79 Å². The highest BCUT2D eigenvalue weighted by Gasteiger charge is 2.28. The zero-order chi connectivity index (χ0) is 24.3. The second-order valence-corrected chi connectivity index (χ2v) is 11.3. The summed E-state index contributed by atoms with van der Waals surface area (Å²) in [4.78, 5) is 13.5. The highest BCUT2D eigenvalue weighted by molar-refractivity contribution is 6.31. The van der Waals surface area contributed by atoms with E-state index < -0.39 is 9.76 Å². The summed E-state index contributed by atoms with van der Waals surface area (Å²) in [5.74, 6) is 0.567. The van der Waals surface area contributed by atoms with Crippen molar-refractivity contribution < 1.29 is 37.6 Å². The maximum Gasteiger partial charge on any atom is 0.200 e. The first-order valence-electron chi connectivity index (χ1n) is 10.5. The fourth-order valence-corrected chi connectivity index (χ4v) is 3.89. The van der Waals surface area contributed by atoms with Crippen LogP contribution in [0.4, 0.5) is 0 Å². The van der Waals surface area contributed by atoms with E-state index in [1.165, 1.54) is 21.3 Å². The predicted molar refractivity (Wildman–Crippen MR) is 127 cm³/mol. The molecule has 0 saturated heterocycles. The lowest BCUT2D eigenvalue weighted by molar-refractivity contribution is 0.0288. The molecule has 0 aliphatic rings. The Labute approximate surface area is 198 Å². The van der Waals surface area contributed by atoms with E-state index in [0.29, 0.717) is 22.6 Å². The SMILES string of the molecule is COCOc1cc(CO[SiH2]C(C)(C)C)c(OCOC)c(OCOC)c1C(=O)c1ccccc1. The average Bonchev–Trinajstić information content (AvgIpc) is 2.79. The molecule has 9 heteroatoms. The van der Waals surface area contributed by atoms with Gasteiger partial charge in [0.25, 0.3) is 0 Å². The van der Waals surface area contributed by atoms with Gasteiger partial charge in [0, 0.05) is 32.5 Å². The van der Waals surface area contributed by atoms with E-state index in [1.54, 1.807) is 30.3 Å². The summed E-state index contributed by atoms with van der Waals surface area (Å²) in [6.07, 6.45) is 0. The number of hydrogen-bond acceptors (Lipinski definition) is 8. The van der Waals surface area contributed by atoms with Gasteiger partial charge in [-0.05, 0) is 11.1 Å². The molecular formula is C24H34O8Si. The minimum atomic E-state index is -0.838. The molecule has 2 aromatic carbocycles. The molecule has 8 nitrogen and oxygen atoms in total. The van der Waals surface area contributed by atoms with Crippen molar-refractivity contribution in [3.63, 3.8) is 0 Å². The van der Waals surface area contributed by atoms with Crippen LogP contribution in [0.3, 0.4) is 0 Å². The van der Waals surface area contributed by atoms with E-state index in [-0.39, 0.29) is 49.1 Å². The van der Waals surface area contributed by atoms with Gasteiger partial charge in [0.1, 0.15) is 11.3 Å². The molecule has 0 saturated carbocycles. The molecule has 0 atom stereocenters. The van der Waals surface area contributed by atoms with Crippen LogP contribution in [0.2, 0.25) is 5.04 Å². The van der Waals surface area contributed by atoms with Crippen molar-refractivity contribution >= 4 is 15.5 Å². The monoisotopic (exact) mass is 478 g/mol. The maximum atomic E-state index is 13.5. The molecule has 0 aromatic heterocycles. The zero-order valence-corrected chi connectivity index (χ0v) is 21.7. The number of hydrogen-bond donors (Lipinski definition) is 0. The smallest absolute Gasteiger partial charge is 0.200 e. The average molecular weight is 479 g/mol. The largest absolute Gasteiger partial charge is 0.467 e. The van der Waals surface area contributed by atoms with Crippen molar-refractivity contribution in [2.24, 2.45) is 0 Å². The number of ketones is 1. The van der Waals surface area contributed by atoms with Crippen LogP contribution in [0, 0.1) is 0 Å². The van der Waals surface area contributed by atoms with Crippen LogP contribution >= 0.6 is 0 Å². The van der Waals surface area contributed by atoms with Gasteiger partial charge >= 0.3 is 0 Å². The summed E-state index contributed by atoms with van der Waals surface area (Å²) < 4.78 is 39.0. The van der Waals surface area contributed by atoms with Crippen molar-refractivity contribution in [1.29, 1.82) is 0 Å². The van der Waals surface area contributed by atoms with Crippen LogP contribution < -0.4 is 14.2 Å². The highest BCUT2D eigenvalue weighted by atomic mass is 28.2.